The van der Waals surface area contributed by atoms with Crippen molar-refractivity contribution in [2.24, 2.45) is 5.41 Å². The van der Waals surface area contributed by atoms with Crippen LogP contribution >= 0.6 is 0 Å². The van der Waals surface area contributed by atoms with E-state index >= 15 is 0 Å². The SMILES string of the molecule is CC(C)OCC(C)(C)OCC(COC(C)(C)CCO)(COC(C)(C)COC(C)C)COC(C)(C)COC(C)C. The molecule has 0 aliphatic rings. The molecule has 0 aromatic carbocycles. The van der Waals surface area contributed by atoms with Gasteiger partial charge in [-0.2, -0.15) is 0 Å². The van der Waals surface area contributed by atoms with Crippen LogP contribution in [0.3, 0.4) is 0 Å². The first-order chi connectivity index (χ1) is 17.6. The molecule has 39 heavy (non-hydrogen) atoms. The summed E-state index contributed by atoms with van der Waals surface area (Å²) in [5.74, 6) is 0. The first-order valence-electron chi connectivity index (χ1n) is 14.7. The van der Waals surface area contributed by atoms with Crippen LogP contribution < -0.4 is 0 Å². The van der Waals surface area contributed by atoms with Crippen LogP contribution in [0.4, 0.5) is 0 Å². The minimum Gasteiger partial charge on any atom is -0.396 e. The molecule has 0 radical (unpaired) electrons. The zero-order valence-corrected chi connectivity index (χ0v) is 27.9. The van der Waals surface area contributed by atoms with Crippen molar-refractivity contribution in [1.82, 2.24) is 0 Å². The smallest absolute Gasteiger partial charge is 0.0859 e. The average molecular weight is 565 g/mol. The Labute approximate surface area is 240 Å². The van der Waals surface area contributed by atoms with Crippen molar-refractivity contribution in [2.75, 3.05) is 52.9 Å². The van der Waals surface area contributed by atoms with Crippen molar-refractivity contribution in [3.05, 3.63) is 0 Å². The third-order valence-corrected chi connectivity index (χ3v) is 6.08. The van der Waals surface area contributed by atoms with Crippen molar-refractivity contribution in [3.63, 3.8) is 0 Å². The van der Waals surface area contributed by atoms with Crippen molar-refractivity contribution < 1.29 is 38.3 Å². The molecule has 0 saturated carbocycles. The topological polar surface area (TPSA) is 84.8 Å². The van der Waals surface area contributed by atoms with Crippen molar-refractivity contribution in [3.8, 4) is 0 Å². The van der Waals surface area contributed by atoms with Crippen molar-refractivity contribution in [1.29, 1.82) is 0 Å². The molecule has 1 N–H and O–H groups in total. The molecule has 0 amide bonds. The Morgan fingerprint density at radius 1 is 0.436 bits per heavy atom. The number of rotatable bonds is 23. The number of hydrogen-bond acceptors (Lipinski definition) is 8. The fourth-order valence-corrected chi connectivity index (χ4v) is 3.21. The molecule has 0 aromatic rings. The van der Waals surface area contributed by atoms with Gasteiger partial charge >= 0.3 is 0 Å². The zero-order valence-electron chi connectivity index (χ0n) is 27.9. The fourth-order valence-electron chi connectivity index (χ4n) is 3.21. The highest BCUT2D eigenvalue weighted by molar-refractivity contribution is 4.86. The molecule has 0 aromatic heterocycles. The molecule has 0 spiro atoms. The molecule has 236 valence electrons. The number of hydrogen-bond donors (Lipinski definition) is 1. The summed E-state index contributed by atoms with van der Waals surface area (Å²) in [5, 5.41) is 9.58. The molecule has 0 unspecified atom stereocenters. The average Bonchev–Trinajstić information content (AvgIpc) is 2.80. The van der Waals surface area contributed by atoms with Crippen LogP contribution in [0, 0.1) is 5.41 Å². The molecular formula is C31H64O8. The molecule has 0 fully saturated rings. The van der Waals surface area contributed by atoms with Crippen molar-refractivity contribution >= 4 is 0 Å². The maximum absolute atomic E-state index is 9.58. The third kappa shape index (κ3) is 19.4. The summed E-state index contributed by atoms with van der Waals surface area (Å²) in [7, 11) is 0. The monoisotopic (exact) mass is 564 g/mol. The predicted octanol–water partition coefficient (Wildman–Crippen LogP) is 5.81. The molecule has 0 aliphatic heterocycles. The molecule has 8 heteroatoms. The van der Waals surface area contributed by atoms with Crippen LogP contribution in [0.2, 0.25) is 0 Å². The van der Waals surface area contributed by atoms with Crippen LogP contribution in [0.15, 0.2) is 0 Å². The second-order valence-corrected chi connectivity index (χ2v) is 14.2. The normalized spacial score (nSPS) is 14.3. The second kappa shape index (κ2) is 17.0. The van der Waals surface area contributed by atoms with Gasteiger partial charge in [0.25, 0.3) is 0 Å². The highest BCUT2D eigenvalue weighted by Gasteiger charge is 2.40. The van der Waals surface area contributed by atoms with Gasteiger partial charge in [-0.3, -0.25) is 0 Å². The number of ether oxygens (including phenoxy) is 7. The van der Waals surface area contributed by atoms with Gasteiger partial charge in [0.15, 0.2) is 0 Å². The van der Waals surface area contributed by atoms with Gasteiger partial charge in [-0.25, -0.2) is 0 Å². The summed E-state index contributed by atoms with van der Waals surface area (Å²) in [6.45, 7) is 31.0. The van der Waals surface area contributed by atoms with Gasteiger partial charge in [-0.15, -0.1) is 0 Å². The lowest BCUT2D eigenvalue weighted by molar-refractivity contribution is -0.207. The molecule has 0 rings (SSSR count). The molecule has 0 aliphatic carbocycles. The molecule has 0 atom stereocenters. The van der Waals surface area contributed by atoms with E-state index < -0.39 is 27.8 Å². The summed E-state index contributed by atoms with van der Waals surface area (Å²) in [6.07, 6.45) is 0.835. The van der Waals surface area contributed by atoms with Gasteiger partial charge < -0.3 is 38.3 Å². The van der Waals surface area contributed by atoms with Crippen LogP contribution in [-0.4, -0.2) is 98.7 Å². The first-order valence-corrected chi connectivity index (χ1v) is 14.7. The summed E-state index contributed by atoms with van der Waals surface area (Å²) in [4.78, 5) is 0. The highest BCUT2D eigenvalue weighted by atomic mass is 16.6. The summed E-state index contributed by atoms with van der Waals surface area (Å²) in [6, 6.07) is 0. The predicted molar refractivity (Wildman–Crippen MR) is 158 cm³/mol. The standard InChI is InChI=1S/C31H64O8/c1-24(2)33-17-28(9,10)37-21-31(20-36-27(7,8)15-16-32,22-38-29(11,12)18-34-25(3)4)23-39-30(13,14)19-35-26(5)6/h24-26,32H,15-23H2,1-14H3. The molecule has 0 bridgehead atoms. The fraction of sp³-hybridized carbons (Fsp3) is 1.00. The van der Waals surface area contributed by atoms with Crippen molar-refractivity contribution in [2.45, 2.75) is 144 Å². The van der Waals surface area contributed by atoms with E-state index in [1.165, 1.54) is 0 Å². The molecule has 0 heterocycles. The van der Waals surface area contributed by atoms with Gasteiger partial charge in [0.2, 0.25) is 0 Å². The summed E-state index contributed by atoms with van der Waals surface area (Å²) >= 11 is 0. The minimum atomic E-state index is -0.647. The van der Waals surface area contributed by atoms with Gasteiger partial charge in [0.1, 0.15) is 0 Å². The van der Waals surface area contributed by atoms with E-state index in [1.807, 2.05) is 96.9 Å². The Hall–Kier alpha value is -0.320. The van der Waals surface area contributed by atoms with E-state index in [0.717, 1.165) is 0 Å². The Morgan fingerprint density at radius 3 is 0.923 bits per heavy atom. The Morgan fingerprint density at radius 2 is 0.692 bits per heavy atom. The van der Waals surface area contributed by atoms with Crippen LogP contribution in [-0.2, 0) is 33.2 Å². The lowest BCUT2D eigenvalue weighted by atomic mass is 9.90. The molecule has 0 saturated heterocycles. The van der Waals surface area contributed by atoms with E-state index in [1.54, 1.807) is 0 Å². The van der Waals surface area contributed by atoms with E-state index in [-0.39, 0.29) is 24.9 Å². The Balaban J connectivity index is 6.08. The third-order valence-electron chi connectivity index (χ3n) is 6.08. The number of aliphatic hydroxyl groups is 1. The van der Waals surface area contributed by atoms with E-state index in [9.17, 15) is 5.11 Å². The Bertz CT molecular complexity index is 571. The first kappa shape index (κ1) is 38.7. The maximum atomic E-state index is 9.58. The lowest BCUT2D eigenvalue weighted by Crippen LogP contribution is -2.50. The Kier molecular flexibility index (Phi) is 16.8. The van der Waals surface area contributed by atoms with Crippen LogP contribution in [0.5, 0.6) is 0 Å². The van der Waals surface area contributed by atoms with Gasteiger partial charge in [-0.05, 0) is 103 Å². The zero-order chi connectivity index (χ0) is 30.5. The lowest BCUT2D eigenvalue weighted by Gasteiger charge is -2.42. The van der Waals surface area contributed by atoms with Crippen LogP contribution in [0.25, 0.3) is 0 Å². The van der Waals surface area contributed by atoms with Gasteiger partial charge in [-0.1, -0.05) is 0 Å². The van der Waals surface area contributed by atoms with Gasteiger partial charge in [0, 0.05) is 6.61 Å². The molecule has 8 nitrogen and oxygen atoms in total. The summed E-state index contributed by atoms with van der Waals surface area (Å²) < 4.78 is 43.6. The van der Waals surface area contributed by atoms with E-state index in [0.29, 0.717) is 52.7 Å². The highest BCUT2D eigenvalue weighted by Crippen LogP contribution is 2.30. The van der Waals surface area contributed by atoms with E-state index in [2.05, 4.69) is 0 Å². The maximum Gasteiger partial charge on any atom is 0.0859 e. The summed E-state index contributed by atoms with van der Waals surface area (Å²) in [5.41, 5.74) is -2.75. The number of aliphatic hydroxyl groups excluding tert-OH is 1. The quantitative estimate of drug-likeness (QED) is 0.166. The minimum absolute atomic E-state index is 0.0439. The molecular weight excluding hydrogens is 500 g/mol. The van der Waals surface area contributed by atoms with Gasteiger partial charge in [0.05, 0.1) is 92.4 Å². The van der Waals surface area contributed by atoms with E-state index in [4.69, 9.17) is 33.2 Å². The van der Waals surface area contributed by atoms with Crippen LogP contribution in [0.1, 0.15) is 103 Å². The second-order valence-electron chi connectivity index (χ2n) is 14.2. The largest absolute Gasteiger partial charge is 0.396 e.